The maximum Gasteiger partial charge on any atom is 0.223 e. The van der Waals surface area contributed by atoms with Gasteiger partial charge in [-0.3, -0.25) is 4.79 Å². The first-order chi connectivity index (χ1) is 6.44. The van der Waals surface area contributed by atoms with Crippen molar-refractivity contribution in [3.63, 3.8) is 0 Å². The van der Waals surface area contributed by atoms with E-state index in [0.29, 0.717) is 18.2 Å². The van der Waals surface area contributed by atoms with Crippen molar-refractivity contribution in [2.45, 2.75) is 27.2 Å². The maximum atomic E-state index is 11.6. The van der Waals surface area contributed by atoms with Gasteiger partial charge in [-0.1, -0.05) is 20.8 Å². The van der Waals surface area contributed by atoms with Gasteiger partial charge in [-0.25, -0.2) is 0 Å². The Morgan fingerprint density at radius 2 is 2.21 bits per heavy atom. The van der Waals surface area contributed by atoms with Gasteiger partial charge in [0.1, 0.15) is 0 Å². The Balaban J connectivity index is 2.43. The van der Waals surface area contributed by atoms with Crippen LogP contribution in [0.1, 0.15) is 27.2 Å². The number of hydrogen-bond donors (Lipinski definition) is 1. The minimum Gasteiger partial charge on any atom is -0.342 e. The molecule has 0 spiro atoms. The highest BCUT2D eigenvalue weighted by molar-refractivity contribution is 5.79. The monoisotopic (exact) mass is 198 g/mol. The fourth-order valence-electron chi connectivity index (χ4n) is 2.14. The summed E-state index contributed by atoms with van der Waals surface area (Å²) in [6, 6.07) is 0. The van der Waals surface area contributed by atoms with Crippen LogP contribution in [0.2, 0.25) is 0 Å². The Labute approximate surface area is 86.9 Å². The third-order valence-corrected chi connectivity index (χ3v) is 2.69. The smallest absolute Gasteiger partial charge is 0.223 e. The molecule has 3 heteroatoms. The number of hydrogen-bond acceptors (Lipinski definition) is 2. The van der Waals surface area contributed by atoms with Crippen molar-refractivity contribution in [2.75, 3.05) is 26.7 Å². The Morgan fingerprint density at radius 1 is 1.57 bits per heavy atom. The lowest BCUT2D eigenvalue weighted by molar-refractivity contribution is -0.128. The molecule has 1 saturated heterocycles. The van der Waals surface area contributed by atoms with Gasteiger partial charge in [-0.05, 0) is 24.9 Å². The molecule has 1 heterocycles. The summed E-state index contributed by atoms with van der Waals surface area (Å²) in [6.07, 6.45) is 0.708. The SMILES string of the molecule is CNCC(C)CN1CC(C)(C)CC1=O. The van der Waals surface area contributed by atoms with E-state index in [1.807, 2.05) is 11.9 Å². The number of nitrogens with one attached hydrogen (secondary N) is 1. The van der Waals surface area contributed by atoms with Crippen LogP contribution in [0.15, 0.2) is 0 Å². The highest BCUT2D eigenvalue weighted by Gasteiger charge is 2.35. The summed E-state index contributed by atoms with van der Waals surface area (Å²) in [5.74, 6) is 0.857. The number of carbonyl (C=O) groups excluding carboxylic acids is 1. The lowest BCUT2D eigenvalue weighted by Gasteiger charge is -2.22. The van der Waals surface area contributed by atoms with E-state index in [0.717, 1.165) is 19.6 Å². The van der Waals surface area contributed by atoms with Crippen LogP contribution in [0.4, 0.5) is 0 Å². The van der Waals surface area contributed by atoms with Gasteiger partial charge in [0.05, 0.1) is 0 Å². The van der Waals surface area contributed by atoms with Crippen LogP contribution in [-0.4, -0.2) is 37.5 Å². The van der Waals surface area contributed by atoms with E-state index < -0.39 is 0 Å². The number of nitrogens with zero attached hydrogens (tertiary/aromatic N) is 1. The molecular formula is C11H22N2O. The lowest BCUT2D eigenvalue weighted by atomic mass is 9.93. The topological polar surface area (TPSA) is 32.3 Å². The molecule has 0 saturated carbocycles. The van der Waals surface area contributed by atoms with E-state index in [9.17, 15) is 4.79 Å². The van der Waals surface area contributed by atoms with Crippen LogP contribution in [-0.2, 0) is 4.79 Å². The second-order valence-electron chi connectivity index (χ2n) is 5.28. The Morgan fingerprint density at radius 3 is 2.64 bits per heavy atom. The summed E-state index contributed by atoms with van der Waals surface area (Å²) in [5.41, 5.74) is 0.177. The molecule has 0 aromatic carbocycles. The van der Waals surface area contributed by atoms with Crippen molar-refractivity contribution >= 4 is 5.91 Å². The molecule has 1 rings (SSSR count). The second kappa shape index (κ2) is 4.30. The van der Waals surface area contributed by atoms with Crippen LogP contribution in [0.3, 0.4) is 0 Å². The highest BCUT2D eigenvalue weighted by Crippen LogP contribution is 2.30. The normalized spacial score (nSPS) is 22.9. The number of carbonyl (C=O) groups is 1. The van der Waals surface area contributed by atoms with Gasteiger partial charge in [0.2, 0.25) is 5.91 Å². The van der Waals surface area contributed by atoms with Gasteiger partial charge in [0.25, 0.3) is 0 Å². The van der Waals surface area contributed by atoms with Gasteiger partial charge < -0.3 is 10.2 Å². The first-order valence-electron chi connectivity index (χ1n) is 5.37. The van der Waals surface area contributed by atoms with E-state index in [1.54, 1.807) is 0 Å². The molecule has 1 N–H and O–H groups in total. The zero-order valence-electron chi connectivity index (χ0n) is 9.76. The quantitative estimate of drug-likeness (QED) is 0.733. The number of amides is 1. The Hall–Kier alpha value is -0.570. The molecule has 1 amide bonds. The minimum atomic E-state index is 0.177. The Kier molecular flexibility index (Phi) is 3.53. The molecule has 0 aromatic heterocycles. The van der Waals surface area contributed by atoms with E-state index >= 15 is 0 Å². The standard InChI is InChI=1S/C11H22N2O/c1-9(6-12-4)7-13-8-11(2,3)5-10(13)14/h9,12H,5-8H2,1-4H3. The fraction of sp³-hybridized carbons (Fsp3) is 0.909. The molecule has 14 heavy (non-hydrogen) atoms. The van der Waals surface area contributed by atoms with Crippen LogP contribution >= 0.6 is 0 Å². The Bertz CT molecular complexity index is 213. The van der Waals surface area contributed by atoms with E-state index in [4.69, 9.17) is 0 Å². The average Bonchev–Trinajstić information content (AvgIpc) is 2.25. The molecular weight excluding hydrogens is 176 g/mol. The summed E-state index contributed by atoms with van der Waals surface area (Å²) in [6.45, 7) is 9.28. The van der Waals surface area contributed by atoms with Crippen LogP contribution in [0, 0.1) is 11.3 Å². The van der Waals surface area contributed by atoms with Gasteiger partial charge in [0.15, 0.2) is 0 Å². The molecule has 0 aliphatic carbocycles. The summed E-state index contributed by atoms with van der Waals surface area (Å²) in [7, 11) is 1.95. The van der Waals surface area contributed by atoms with E-state index in [1.165, 1.54) is 0 Å². The van der Waals surface area contributed by atoms with Crippen LogP contribution < -0.4 is 5.32 Å². The molecule has 1 atom stereocenters. The third kappa shape index (κ3) is 2.98. The maximum absolute atomic E-state index is 11.6. The minimum absolute atomic E-state index is 0.177. The molecule has 1 unspecified atom stereocenters. The lowest BCUT2D eigenvalue weighted by Crippen LogP contribution is -2.34. The zero-order chi connectivity index (χ0) is 10.8. The molecule has 0 bridgehead atoms. The van der Waals surface area contributed by atoms with Gasteiger partial charge >= 0.3 is 0 Å². The summed E-state index contributed by atoms with van der Waals surface area (Å²) >= 11 is 0. The predicted molar refractivity (Wildman–Crippen MR) is 58.1 cm³/mol. The number of likely N-dealkylation sites (tertiary alicyclic amines) is 1. The van der Waals surface area contributed by atoms with Gasteiger partial charge in [-0.2, -0.15) is 0 Å². The van der Waals surface area contributed by atoms with Crippen LogP contribution in [0.5, 0.6) is 0 Å². The molecule has 3 nitrogen and oxygen atoms in total. The molecule has 0 radical (unpaired) electrons. The van der Waals surface area contributed by atoms with Crippen molar-refractivity contribution in [1.29, 1.82) is 0 Å². The molecule has 1 aliphatic rings. The third-order valence-electron chi connectivity index (χ3n) is 2.69. The zero-order valence-corrected chi connectivity index (χ0v) is 9.76. The summed E-state index contributed by atoms with van der Waals surface area (Å²) in [5, 5.41) is 3.14. The first-order valence-corrected chi connectivity index (χ1v) is 5.37. The van der Waals surface area contributed by atoms with E-state index in [-0.39, 0.29) is 5.41 Å². The molecule has 1 fully saturated rings. The van der Waals surface area contributed by atoms with Crippen molar-refractivity contribution in [3.05, 3.63) is 0 Å². The molecule has 1 aliphatic heterocycles. The summed E-state index contributed by atoms with van der Waals surface area (Å²) in [4.78, 5) is 13.6. The van der Waals surface area contributed by atoms with Crippen LogP contribution in [0.25, 0.3) is 0 Å². The van der Waals surface area contributed by atoms with E-state index in [2.05, 4.69) is 26.1 Å². The van der Waals surface area contributed by atoms with Gasteiger partial charge in [0, 0.05) is 19.5 Å². The molecule has 82 valence electrons. The first kappa shape index (κ1) is 11.5. The largest absolute Gasteiger partial charge is 0.342 e. The van der Waals surface area contributed by atoms with Crippen molar-refractivity contribution in [3.8, 4) is 0 Å². The second-order valence-corrected chi connectivity index (χ2v) is 5.28. The average molecular weight is 198 g/mol. The highest BCUT2D eigenvalue weighted by atomic mass is 16.2. The fourth-order valence-corrected chi connectivity index (χ4v) is 2.14. The van der Waals surface area contributed by atoms with Gasteiger partial charge in [-0.15, -0.1) is 0 Å². The van der Waals surface area contributed by atoms with Crippen molar-refractivity contribution in [2.24, 2.45) is 11.3 Å². The molecule has 0 aromatic rings. The van der Waals surface area contributed by atoms with Crippen molar-refractivity contribution < 1.29 is 4.79 Å². The number of rotatable bonds is 4. The predicted octanol–water partition coefficient (Wildman–Crippen LogP) is 1.10. The summed E-state index contributed by atoms with van der Waals surface area (Å²) < 4.78 is 0. The van der Waals surface area contributed by atoms with Crippen molar-refractivity contribution in [1.82, 2.24) is 10.2 Å².